The minimum atomic E-state index is 0.0994. The molecule has 1 aliphatic heterocycles. The molecule has 1 aliphatic carbocycles. The van der Waals surface area contributed by atoms with Crippen LogP contribution in [0.2, 0.25) is 0 Å². The third kappa shape index (κ3) is 3.55. The monoisotopic (exact) mass is 393 g/mol. The van der Waals surface area contributed by atoms with Crippen molar-refractivity contribution in [1.29, 1.82) is 0 Å². The van der Waals surface area contributed by atoms with E-state index in [1.807, 2.05) is 23.8 Å². The highest BCUT2D eigenvalue weighted by molar-refractivity contribution is 5.81. The van der Waals surface area contributed by atoms with Gasteiger partial charge >= 0.3 is 0 Å². The molecular formula is C22H27N5O2. The van der Waals surface area contributed by atoms with Crippen LogP contribution in [0, 0.1) is 6.92 Å². The molecule has 3 aromatic rings. The third-order valence-electron chi connectivity index (χ3n) is 6.47. The van der Waals surface area contributed by atoms with Crippen LogP contribution in [0.3, 0.4) is 0 Å². The van der Waals surface area contributed by atoms with E-state index < -0.39 is 0 Å². The number of anilines is 1. The molecule has 5 rings (SSSR count). The highest BCUT2D eigenvalue weighted by Gasteiger charge is 2.21. The fourth-order valence-electron chi connectivity index (χ4n) is 4.64. The van der Waals surface area contributed by atoms with Crippen molar-refractivity contribution in [2.45, 2.75) is 45.2 Å². The van der Waals surface area contributed by atoms with Crippen molar-refractivity contribution in [2.75, 3.05) is 31.1 Å². The van der Waals surface area contributed by atoms with E-state index in [0.717, 1.165) is 73.5 Å². The van der Waals surface area contributed by atoms with Gasteiger partial charge in [-0.25, -0.2) is 4.98 Å². The highest BCUT2D eigenvalue weighted by Crippen LogP contribution is 2.28. The number of nitrogens with zero attached hydrogens (tertiary/aromatic N) is 5. The Labute approximate surface area is 169 Å². The molecule has 0 bridgehead atoms. The van der Waals surface area contributed by atoms with E-state index in [9.17, 15) is 4.79 Å². The fraction of sp³-hybridized carbons (Fsp3) is 0.500. The van der Waals surface area contributed by atoms with Gasteiger partial charge < -0.3 is 9.42 Å². The molecule has 1 saturated carbocycles. The normalized spacial score (nSPS) is 18.7. The Morgan fingerprint density at radius 1 is 1.14 bits per heavy atom. The molecule has 1 aromatic carbocycles. The fourth-order valence-corrected chi connectivity index (χ4v) is 4.64. The predicted molar refractivity (Wildman–Crippen MR) is 112 cm³/mol. The molecule has 7 heteroatoms. The summed E-state index contributed by atoms with van der Waals surface area (Å²) in [6.45, 7) is 6.72. The van der Waals surface area contributed by atoms with Gasteiger partial charge in [-0.15, -0.1) is 0 Å². The van der Waals surface area contributed by atoms with Crippen LogP contribution in [0.5, 0.6) is 0 Å². The molecule has 2 aromatic heterocycles. The molecule has 0 amide bonds. The maximum Gasteiger partial charge on any atom is 0.261 e. The molecule has 2 aliphatic rings. The van der Waals surface area contributed by atoms with E-state index in [2.05, 4.69) is 32.1 Å². The lowest BCUT2D eigenvalue weighted by Crippen LogP contribution is -2.46. The van der Waals surface area contributed by atoms with Crippen molar-refractivity contribution >= 4 is 16.6 Å². The van der Waals surface area contributed by atoms with Gasteiger partial charge in [-0.1, -0.05) is 18.0 Å². The van der Waals surface area contributed by atoms with Crippen LogP contribution in [-0.4, -0.2) is 45.8 Å². The SMILES string of the molecule is Cc1oncc1CN1CCN(c2ccc3c(=O)n(C4CCCC4)cnc3c2)CC1. The van der Waals surface area contributed by atoms with E-state index in [4.69, 9.17) is 4.52 Å². The largest absolute Gasteiger partial charge is 0.369 e. The van der Waals surface area contributed by atoms with Crippen LogP contribution in [0.15, 0.2) is 40.0 Å². The molecule has 152 valence electrons. The Morgan fingerprint density at radius 2 is 1.93 bits per heavy atom. The summed E-state index contributed by atoms with van der Waals surface area (Å²) in [5.41, 5.74) is 3.20. The first-order chi connectivity index (χ1) is 14.2. The van der Waals surface area contributed by atoms with Gasteiger partial charge in [0.2, 0.25) is 0 Å². The number of rotatable bonds is 4. The molecular weight excluding hydrogens is 366 g/mol. The zero-order valence-corrected chi connectivity index (χ0v) is 16.9. The zero-order chi connectivity index (χ0) is 19.8. The summed E-state index contributed by atoms with van der Waals surface area (Å²) in [6.07, 6.45) is 8.15. The maximum atomic E-state index is 12.9. The van der Waals surface area contributed by atoms with Gasteiger partial charge in [-0.2, -0.15) is 0 Å². The minimum Gasteiger partial charge on any atom is -0.369 e. The Kier molecular flexibility index (Phi) is 4.83. The molecule has 0 N–H and O–H groups in total. The maximum absolute atomic E-state index is 12.9. The minimum absolute atomic E-state index is 0.0994. The van der Waals surface area contributed by atoms with Crippen molar-refractivity contribution in [3.63, 3.8) is 0 Å². The summed E-state index contributed by atoms with van der Waals surface area (Å²) < 4.78 is 7.01. The van der Waals surface area contributed by atoms with Crippen LogP contribution in [0.25, 0.3) is 10.9 Å². The second-order valence-electron chi connectivity index (χ2n) is 8.27. The topological polar surface area (TPSA) is 67.4 Å². The number of benzene rings is 1. The predicted octanol–water partition coefficient (Wildman–Crippen LogP) is 3.13. The summed E-state index contributed by atoms with van der Waals surface area (Å²) in [5.74, 6) is 0.899. The quantitative estimate of drug-likeness (QED) is 0.678. The van der Waals surface area contributed by atoms with Crippen molar-refractivity contribution in [3.8, 4) is 0 Å². The van der Waals surface area contributed by atoms with Crippen LogP contribution in [0.4, 0.5) is 5.69 Å². The molecule has 29 heavy (non-hydrogen) atoms. The smallest absolute Gasteiger partial charge is 0.261 e. The third-order valence-corrected chi connectivity index (χ3v) is 6.47. The van der Waals surface area contributed by atoms with Crippen molar-refractivity contribution in [2.24, 2.45) is 0 Å². The molecule has 0 atom stereocenters. The van der Waals surface area contributed by atoms with Gasteiger partial charge in [0, 0.05) is 50.0 Å². The number of fused-ring (bicyclic) bond motifs is 1. The second kappa shape index (κ2) is 7.63. The average molecular weight is 393 g/mol. The Balaban J connectivity index is 1.30. The van der Waals surface area contributed by atoms with Crippen molar-refractivity contribution in [1.82, 2.24) is 19.6 Å². The summed E-state index contributed by atoms with van der Waals surface area (Å²) in [5, 5.41) is 4.60. The lowest BCUT2D eigenvalue weighted by molar-refractivity contribution is 0.248. The Bertz CT molecular complexity index is 1060. The van der Waals surface area contributed by atoms with E-state index in [0.29, 0.717) is 6.04 Å². The zero-order valence-electron chi connectivity index (χ0n) is 16.9. The second-order valence-corrected chi connectivity index (χ2v) is 8.27. The van der Waals surface area contributed by atoms with Gasteiger partial charge in [0.15, 0.2) is 0 Å². The number of hydrogen-bond donors (Lipinski definition) is 0. The number of piperazine rings is 1. The van der Waals surface area contributed by atoms with Crippen LogP contribution in [0.1, 0.15) is 43.0 Å². The van der Waals surface area contributed by atoms with Gasteiger partial charge in [-0.3, -0.25) is 14.3 Å². The summed E-state index contributed by atoms with van der Waals surface area (Å²) in [6, 6.07) is 6.42. The van der Waals surface area contributed by atoms with E-state index in [1.165, 1.54) is 12.8 Å². The number of hydrogen-bond acceptors (Lipinski definition) is 6. The molecule has 0 unspecified atom stereocenters. The lowest BCUT2D eigenvalue weighted by atomic mass is 10.1. The van der Waals surface area contributed by atoms with Crippen LogP contribution < -0.4 is 10.5 Å². The number of aryl methyl sites for hydroxylation is 1. The molecule has 3 heterocycles. The first-order valence-corrected chi connectivity index (χ1v) is 10.6. The van der Waals surface area contributed by atoms with Crippen LogP contribution in [-0.2, 0) is 6.54 Å². The Morgan fingerprint density at radius 3 is 2.66 bits per heavy atom. The highest BCUT2D eigenvalue weighted by atomic mass is 16.5. The summed E-state index contributed by atoms with van der Waals surface area (Å²) in [7, 11) is 0. The first-order valence-electron chi connectivity index (χ1n) is 10.6. The van der Waals surface area contributed by atoms with Gasteiger partial charge in [0.05, 0.1) is 23.4 Å². The van der Waals surface area contributed by atoms with Crippen molar-refractivity contribution in [3.05, 3.63) is 52.4 Å². The molecule has 2 fully saturated rings. The first kappa shape index (κ1) is 18.4. The molecule has 7 nitrogen and oxygen atoms in total. The standard InChI is InChI=1S/C22H27N5O2/c1-16-17(13-24-29-16)14-25-8-10-26(11-9-25)19-6-7-20-21(12-19)23-15-27(22(20)28)18-4-2-3-5-18/h6-7,12-13,15,18H,2-5,8-11,14H2,1H3. The van der Waals surface area contributed by atoms with Crippen molar-refractivity contribution < 1.29 is 4.52 Å². The van der Waals surface area contributed by atoms with Gasteiger partial charge in [0.1, 0.15) is 5.76 Å². The van der Waals surface area contributed by atoms with Crippen LogP contribution >= 0.6 is 0 Å². The summed E-state index contributed by atoms with van der Waals surface area (Å²) >= 11 is 0. The summed E-state index contributed by atoms with van der Waals surface area (Å²) in [4.78, 5) is 22.3. The van der Waals surface area contributed by atoms with Gasteiger partial charge in [0.25, 0.3) is 5.56 Å². The lowest BCUT2D eigenvalue weighted by Gasteiger charge is -2.36. The van der Waals surface area contributed by atoms with E-state index >= 15 is 0 Å². The Hall–Kier alpha value is -2.67. The van der Waals surface area contributed by atoms with E-state index in [1.54, 1.807) is 6.33 Å². The molecule has 0 spiro atoms. The van der Waals surface area contributed by atoms with Gasteiger partial charge in [-0.05, 0) is 38.0 Å². The number of aromatic nitrogens is 3. The van der Waals surface area contributed by atoms with E-state index in [-0.39, 0.29) is 5.56 Å². The average Bonchev–Trinajstić information content (AvgIpc) is 3.41. The molecule has 0 radical (unpaired) electrons. The molecule has 1 saturated heterocycles.